The normalized spacial score (nSPS) is 11.4. The summed E-state index contributed by atoms with van der Waals surface area (Å²) in [6.07, 6.45) is 0. The van der Waals surface area contributed by atoms with Gasteiger partial charge in [-0.2, -0.15) is 4.31 Å². The van der Waals surface area contributed by atoms with Crippen LogP contribution < -0.4 is 10.1 Å². The third kappa shape index (κ3) is 4.58. The summed E-state index contributed by atoms with van der Waals surface area (Å²) >= 11 is 0. The number of ether oxygens (including phenoxy) is 1. The van der Waals surface area contributed by atoms with Crippen LogP contribution in [0.4, 0.5) is 5.69 Å². The first-order chi connectivity index (χ1) is 11.9. The maximum absolute atomic E-state index is 12.7. The number of amides is 1. The third-order valence-electron chi connectivity index (χ3n) is 3.71. The molecule has 7 heteroatoms. The van der Waals surface area contributed by atoms with E-state index in [1.165, 1.54) is 7.11 Å². The van der Waals surface area contributed by atoms with Gasteiger partial charge in [0, 0.05) is 6.54 Å². The van der Waals surface area contributed by atoms with E-state index in [0.717, 1.165) is 9.87 Å². The smallest absolute Gasteiger partial charge is 0.243 e. The number of methoxy groups -OCH3 is 1. The number of hydrogen-bond donors (Lipinski definition) is 1. The molecule has 0 saturated heterocycles. The number of rotatable bonds is 7. The van der Waals surface area contributed by atoms with Crippen LogP contribution in [0.1, 0.15) is 12.5 Å². The average Bonchev–Trinajstić information content (AvgIpc) is 2.60. The predicted octanol–water partition coefficient (Wildman–Crippen LogP) is 2.65. The first-order valence-electron chi connectivity index (χ1n) is 7.88. The summed E-state index contributed by atoms with van der Waals surface area (Å²) < 4.78 is 31.7. The fourth-order valence-corrected chi connectivity index (χ4v) is 3.73. The van der Waals surface area contributed by atoms with E-state index in [-0.39, 0.29) is 18.0 Å². The van der Waals surface area contributed by atoms with Crippen molar-refractivity contribution in [3.63, 3.8) is 0 Å². The number of para-hydroxylation sites is 2. The second-order valence-corrected chi connectivity index (χ2v) is 7.43. The van der Waals surface area contributed by atoms with Crippen LogP contribution in [0.2, 0.25) is 0 Å². The van der Waals surface area contributed by atoms with Crippen molar-refractivity contribution in [2.75, 3.05) is 25.5 Å². The minimum atomic E-state index is -3.73. The Labute approximate surface area is 148 Å². The van der Waals surface area contributed by atoms with Gasteiger partial charge in [0.25, 0.3) is 0 Å². The van der Waals surface area contributed by atoms with E-state index >= 15 is 0 Å². The molecule has 0 bridgehead atoms. The number of nitrogens with zero attached hydrogens (tertiary/aromatic N) is 1. The lowest BCUT2D eigenvalue weighted by Crippen LogP contribution is -2.37. The lowest BCUT2D eigenvalue weighted by molar-refractivity contribution is -0.116. The highest BCUT2D eigenvalue weighted by molar-refractivity contribution is 7.89. The van der Waals surface area contributed by atoms with E-state index in [0.29, 0.717) is 11.4 Å². The number of sulfonamides is 1. The van der Waals surface area contributed by atoms with Gasteiger partial charge in [-0.05, 0) is 31.2 Å². The van der Waals surface area contributed by atoms with Gasteiger partial charge >= 0.3 is 0 Å². The van der Waals surface area contributed by atoms with Gasteiger partial charge in [-0.25, -0.2) is 8.42 Å². The summed E-state index contributed by atoms with van der Waals surface area (Å²) in [6.45, 7) is 3.50. The van der Waals surface area contributed by atoms with Gasteiger partial charge in [-0.3, -0.25) is 4.79 Å². The summed E-state index contributed by atoms with van der Waals surface area (Å²) in [5, 5.41) is 2.69. The van der Waals surface area contributed by atoms with Crippen LogP contribution in [0.3, 0.4) is 0 Å². The van der Waals surface area contributed by atoms with Gasteiger partial charge in [0.1, 0.15) is 5.75 Å². The van der Waals surface area contributed by atoms with E-state index in [1.54, 1.807) is 55.5 Å². The van der Waals surface area contributed by atoms with Crippen LogP contribution in [-0.4, -0.2) is 38.8 Å². The second-order valence-electron chi connectivity index (χ2n) is 5.49. The molecule has 0 aliphatic heterocycles. The number of carbonyl (C=O) groups is 1. The second kappa shape index (κ2) is 8.13. The lowest BCUT2D eigenvalue weighted by atomic mass is 10.2. The van der Waals surface area contributed by atoms with E-state index in [9.17, 15) is 13.2 Å². The molecule has 1 amide bonds. The standard InChI is InChI=1S/C18H22N2O4S/c1-4-20(25(22,23)15-11-9-14(2)10-12-15)13-18(21)19-16-7-5-6-8-17(16)24-3/h5-12H,4,13H2,1-3H3,(H,19,21). The fourth-order valence-electron chi connectivity index (χ4n) is 2.32. The molecule has 2 aromatic carbocycles. The molecule has 134 valence electrons. The largest absolute Gasteiger partial charge is 0.495 e. The van der Waals surface area contributed by atoms with Crippen molar-refractivity contribution in [1.82, 2.24) is 4.31 Å². The zero-order valence-corrected chi connectivity index (χ0v) is 15.3. The van der Waals surface area contributed by atoms with Crippen LogP contribution in [0.5, 0.6) is 5.75 Å². The Balaban J connectivity index is 2.15. The van der Waals surface area contributed by atoms with Crippen molar-refractivity contribution in [2.24, 2.45) is 0 Å². The Morgan fingerprint density at radius 1 is 1.12 bits per heavy atom. The van der Waals surface area contributed by atoms with Crippen molar-refractivity contribution in [3.8, 4) is 5.75 Å². The summed E-state index contributed by atoms with van der Waals surface area (Å²) in [5.74, 6) is 0.0855. The number of carbonyl (C=O) groups excluding carboxylic acids is 1. The van der Waals surface area contributed by atoms with Crippen molar-refractivity contribution in [3.05, 3.63) is 54.1 Å². The number of benzene rings is 2. The van der Waals surface area contributed by atoms with E-state index in [1.807, 2.05) is 6.92 Å². The van der Waals surface area contributed by atoms with E-state index in [4.69, 9.17) is 4.74 Å². The van der Waals surface area contributed by atoms with Crippen molar-refractivity contribution >= 4 is 21.6 Å². The zero-order valence-electron chi connectivity index (χ0n) is 14.5. The summed E-state index contributed by atoms with van der Waals surface area (Å²) in [7, 11) is -2.22. The first kappa shape index (κ1) is 19.0. The fraction of sp³-hybridized carbons (Fsp3) is 0.278. The molecular weight excluding hydrogens is 340 g/mol. The maximum atomic E-state index is 12.7. The molecule has 1 N–H and O–H groups in total. The molecule has 0 saturated carbocycles. The number of nitrogens with one attached hydrogen (secondary N) is 1. The molecule has 0 radical (unpaired) electrons. The van der Waals surface area contributed by atoms with Gasteiger partial charge in [-0.15, -0.1) is 0 Å². The van der Waals surface area contributed by atoms with Crippen molar-refractivity contribution < 1.29 is 17.9 Å². The minimum Gasteiger partial charge on any atom is -0.495 e. The zero-order chi connectivity index (χ0) is 18.4. The summed E-state index contributed by atoms with van der Waals surface area (Å²) in [6, 6.07) is 13.5. The molecular formula is C18H22N2O4S. The van der Waals surface area contributed by atoms with Crippen molar-refractivity contribution in [1.29, 1.82) is 0 Å². The van der Waals surface area contributed by atoms with E-state index < -0.39 is 15.9 Å². The van der Waals surface area contributed by atoms with Gasteiger partial charge in [-0.1, -0.05) is 36.8 Å². The average molecular weight is 362 g/mol. The van der Waals surface area contributed by atoms with Crippen LogP contribution >= 0.6 is 0 Å². The molecule has 0 aliphatic rings. The Bertz CT molecular complexity index is 832. The SMILES string of the molecule is CCN(CC(=O)Nc1ccccc1OC)S(=O)(=O)c1ccc(C)cc1. The van der Waals surface area contributed by atoms with Gasteiger partial charge < -0.3 is 10.1 Å². The molecule has 0 fully saturated rings. The molecule has 0 spiro atoms. The number of aryl methyl sites for hydroxylation is 1. The van der Waals surface area contributed by atoms with Crippen LogP contribution in [0.15, 0.2) is 53.4 Å². The predicted molar refractivity (Wildman–Crippen MR) is 97.2 cm³/mol. The Morgan fingerprint density at radius 3 is 2.36 bits per heavy atom. The number of anilines is 1. The Morgan fingerprint density at radius 2 is 1.76 bits per heavy atom. The monoisotopic (exact) mass is 362 g/mol. The molecule has 0 heterocycles. The summed E-state index contributed by atoms with van der Waals surface area (Å²) in [5.41, 5.74) is 1.47. The maximum Gasteiger partial charge on any atom is 0.243 e. The van der Waals surface area contributed by atoms with Crippen molar-refractivity contribution in [2.45, 2.75) is 18.7 Å². The highest BCUT2D eigenvalue weighted by Crippen LogP contribution is 2.23. The number of hydrogen-bond acceptors (Lipinski definition) is 4. The Hall–Kier alpha value is -2.38. The molecule has 0 aromatic heterocycles. The third-order valence-corrected chi connectivity index (χ3v) is 5.65. The highest BCUT2D eigenvalue weighted by Gasteiger charge is 2.25. The number of likely N-dealkylation sites (N-methyl/N-ethyl adjacent to an activating group) is 1. The Kier molecular flexibility index (Phi) is 6.17. The highest BCUT2D eigenvalue weighted by atomic mass is 32.2. The van der Waals surface area contributed by atoms with Crippen LogP contribution in [0.25, 0.3) is 0 Å². The molecule has 0 unspecified atom stereocenters. The molecule has 0 atom stereocenters. The molecule has 2 rings (SSSR count). The summed E-state index contributed by atoms with van der Waals surface area (Å²) in [4.78, 5) is 12.5. The van der Waals surface area contributed by atoms with Gasteiger partial charge in [0.15, 0.2) is 0 Å². The van der Waals surface area contributed by atoms with Crippen LogP contribution in [0, 0.1) is 6.92 Å². The molecule has 0 aliphatic carbocycles. The van der Waals surface area contributed by atoms with Gasteiger partial charge in [0.05, 0.1) is 24.2 Å². The molecule has 25 heavy (non-hydrogen) atoms. The first-order valence-corrected chi connectivity index (χ1v) is 9.32. The quantitative estimate of drug-likeness (QED) is 0.822. The van der Waals surface area contributed by atoms with Gasteiger partial charge in [0.2, 0.25) is 15.9 Å². The van der Waals surface area contributed by atoms with Crippen LogP contribution in [-0.2, 0) is 14.8 Å². The van der Waals surface area contributed by atoms with E-state index in [2.05, 4.69) is 5.32 Å². The lowest BCUT2D eigenvalue weighted by Gasteiger charge is -2.20. The minimum absolute atomic E-state index is 0.171. The topological polar surface area (TPSA) is 75.7 Å². The molecule has 2 aromatic rings. The molecule has 6 nitrogen and oxygen atoms in total.